The zero-order valence-corrected chi connectivity index (χ0v) is 18.1. The van der Waals surface area contributed by atoms with Crippen LogP contribution in [0.15, 0.2) is 42.5 Å². The minimum absolute atomic E-state index is 0.0654. The van der Waals surface area contributed by atoms with Crippen molar-refractivity contribution in [3.05, 3.63) is 53.6 Å². The first-order chi connectivity index (χ1) is 14.5. The summed E-state index contributed by atoms with van der Waals surface area (Å²) in [6.07, 6.45) is 1.77. The van der Waals surface area contributed by atoms with Crippen LogP contribution in [0.2, 0.25) is 0 Å². The normalized spacial score (nSPS) is 14.1. The molecule has 0 aliphatic carbocycles. The molecule has 6 heteroatoms. The number of fused-ring (bicyclic) bond motifs is 1. The molecule has 0 spiro atoms. The van der Waals surface area contributed by atoms with Crippen LogP contribution < -0.4 is 19.7 Å². The number of anilines is 1. The lowest BCUT2D eigenvalue weighted by molar-refractivity contribution is -0.121. The number of benzene rings is 2. The van der Waals surface area contributed by atoms with E-state index >= 15 is 0 Å². The van der Waals surface area contributed by atoms with Gasteiger partial charge in [0.2, 0.25) is 5.91 Å². The predicted octanol–water partition coefficient (Wildman–Crippen LogP) is 3.83. The first kappa shape index (κ1) is 21.7. The Morgan fingerprint density at radius 1 is 1.17 bits per heavy atom. The van der Waals surface area contributed by atoms with E-state index in [1.165, 1.54) is 0 Å². The molecule has 3 rings (SSSR count). The number of ether oxygens (including phenoxy) is 2. The average Bonchev–Trinajstić information content (AvgIpc) is 2.76. The monoisotopic (exact) mass is 410 g/mol. The number of methoxy groups -OCH3 is 1. The molecule has 30 heavy (non-hydrogen) atoms. The Hall–Kier alpha value is -3.02. The summed E-state index contributed by atoms with van der Waals surface area (Å²) in [4.78, 5) is 28.3. The van der Waals surface area contributed by atoms with E-state index in [1.807, 2.05) is 45.0 Å². The molecule has 6 nitrogen and oxygen atoms in total. The number of amides is 2. The van der Waals surface area contributed by atoms with Crippen LogP contribution in [0.1, 0.15) is 43.1 Å². The van der Waals surface area contributed by atoms with Crippen LogP contribution in [-0.4, -0.2) is 38.1 Å². The van der Waals surface area contributed by atoms with E-state index in [-0.39, 0.29) is 17.7 Å². The maximum atomic E-state index is 13.5. The summed E-state index contributed by atoms with van der Waals surface area (Å²) in [5.41, 5.74) is 2.41. The van der Waals surface area contributed by atoms with Crippen LogP contribution in [0.3, 0.4) is 0 Å². The molecule has 1 atom stereocenters. The number of hydrogen-bond acceptors (Lipinski definition) is 4. The molecule has 1 aliphatic heterocycles. The van der Waals surface area contributed by atoms with Gasteiger partial charge in [-0.05, 0) is 61.6 Å². The van der Waals surface area contributed by atoms with Crippen LogP contribution in [0, 0.1) is 5.92 Å². The van der Waals surface area contributed by atoms with E-state index in [4.69, 9.17) is 9.47 Å². The number of rotatable bonds is 7. The van der Waals surface area contributed by atoms with Gasteiger partial charge in [0.1, 0.15) is 17.5 Å². The second-order valence-electron chi connectivity index (χ2n) is 7.71. The molecule has 1 N–H and O–H groups in total. The Morgan fingerprint density at radius 3 is 2.63 bits per heavy atom. The summed E-state index contributed by atoms with van der Waals surface area (Å²) in [6, 6.07) is 12.2. The fraction of sp³-hybridized carbons (Fsp3) is 0.417. The summed E-state index contributed by atoms with van der Waals surface area (Å²) in [5, 5.41) is 2.95. The zero-order valence-electron chi connectivity index (χ0n) is 18.1. The predicted molar refractivity (Wildman–Crippen MR) is 117 cm³/mol. The number of nitrogens with one attached hydrogen (secondary N) is 1. The summed E-state index contributed by atoms with van der Waals surface area (Å²) in [5.74, 6) is 0.827. The highest BCUT2D eigenvalue weighted by molar-refractivity contribution is 6.04. The first-order valence-corrected chi connectivity index (χ1v) is 10.5. The van der Waals surface area contributed by atoms with Crippen molar-refractivity contribution < 1.29 is 19.1 Å². The van der Waals surface area contributed by atoms with Gasteiger partial charge >= 0.3 is 0 Å². The van der Waals surface area contributed by atoms with Gasteiger partial charge in [0.05, 0.1) is 19.3 Å². The van der Waals surface area contributed by atoms with Gasteiger partial charge in [0.15, 0.2) is 0 Å². The molecule has 0 fully saturated rings. The summed E-state index contributed by atoms with van der Waals surface area (Å²) < 4.78 is 10.9. The lowest BCUT2D eigenvalue weighted by atomic mass is 9.97. The molecule has 2 aromatic carbocycles. The van der Waals surface area contributed by atoms with Crippen molar-refractivity contribution in [2.24, 2.45) is 5.92 Å². The van der Waals surface area contributed by atoms with Crippen LogP contribution in [-0.2, 0) is 11.2 Å². The van der Waals surface area contributed by atoms with Crippen LogP contribution >= 0.6 is 0 Å². The molecule has 1 aliphatic rings. The third-order valence-electron chi connectivity index (χ3n) is 5.32. The van der Waals surface area contributed by atoms with Gasteiger partial charge < -0.3 is 19.7 Å². The molecule has 0 saturated carbocycles. The molecule has 0 aromatic heterocycles. The summed E-state index contributed by atoms with van der Waals surface area (Å²) >= 11 is 0. The topological polar surface area (TPSA) is 67.9 Å². The van der Waals surface area contributed by atoms with E-state index < -0.39 is 6.04 Å². The van der Waals surface area contributed by atoms with Crippen molar-refractivity contribution in [3.8, 4) is 11.5 Å². The van der Waals surface area contributed by atoms with Gasteiger partial charge in [0.25, 0.3) is 5.91 Å². The summed E-state index contributed by atoms with van der Waals surface area (Å²) in [6.45, 7) is 6.85. The first-order valence-electron chi connectivity index (χ1n) is 10.5. The van der Waals surface area contributed by atoms with Crippen molar-refractivity contribution in [1.82, 2.24) is 5.32 Å². The van der Waals surface area contributed by atoms with E-state index in [0.717, 1.165) is 29.8 Å². The molecule has 0 saturated heterocycles. The number of para-hydroxylation sites is 1. The lowest BCUT2D eigenvalue weighted by Gasteiger charge is -2.34. The molecule has 0 unspecified atom stereocenters. The third-order valence-corrected chi connectivity index (χ3v) is 5.32. The standard InChI is InChI=1S/C24H30N2O4/c1-5-30-21-11-7-6-10-19(21)23(27)25-22(16(2)3)24(28)26-14-8-9-17-15-18(29-4)12-13-20(17)26/h6-7,10-13,15-16,22H,5,8-9,14H2,1-4H3,(H,25,27)/t22-/m0/s1. The van der Waals surface area contributed by atoms with Crippen LogP contribution in [0.4, 0.5) is 5.69 Å². The summed E-state index contributed by atoms with van der Waals surface area (Å²) in [7, 11) is 1.64. The number of hydrogen-bond donors (Lipinski definition) is 1. The van der Waals surface area contributed by atoms with Gasteiger partial charge in [-0.2, -0.15) is 0 Å². The number of nitrogens with zero attached hydrogens (tertiary/aromatic N) is 1. The molecular formula is C24H30N2O4. The highest BCUT2D eigenvalue weighted by Crippen LogP contribution is 2.31. The molecule has 0 bridgehead atoms. The Morgan fingerprint density at radius 2 is 1.93 bits per heavy atom. The van der Waals surface area contributed by atoms with Gasteiger partial charge in [0, 0.05) is 12.2 Å². The second-order valence-corrected chi connectivity index (χ2v) is 7.71. The Bertz CT molecular complexity index is 910. The molecule has 2 aromatic rings. The van der Waals surface area contributed by atoms with E-state index in [2.05, 4.69) is 5.32 Å². The number of aryl methyl sites for hydroxylation is 1. The quantitative estimate of drug-likeness (QED) is 0.753. The van der Waals surface area contributed by atoms with Crippen molar-refractivity contribution in [3.63, 3.8) is 0 Å². The van der Waals surface area contributed by atoms with Crippen molar-refractivity contribution in [2.75, 3.05) is 25.2 Å². The Labute approximate surface area is 178 Å². The highest BCUT2D eigenvalue weighted by Gasteiger charge is 2.32. The zero-order chi connectivity index (χ0) is 21.7. The number of carbonyl (C=O) groups is 2. The van der Waals surface area contributed by atoms with Gasteiger partial charge in [-0.3, -0.25) is 9.59 Å². The van der Waals surface area contributed by atoms with Crippen molar-refractivity contribution >= 4 is 17.5 Å². The minimum atomic E-state index is -0.639. The van der Waals surface area contributed by atoms with E-state index in [1.54, 1.807) is 30.2 Å². The van der Waals surface area contributed by atoms with Crippen molar-refractivity contribution in [2.45, 2.75) is 39.7 Å². The van der Waals surface area contributed by atoms with Gasteiger partial charge in [-0.25, -0.2) is 0 Å². The Balaban J connectivity index is 1.84. The maximum absolute atomic E-state index is 13.5. The third kappa shape index (κ3) is 4.58. The number of carbonyl (C=O) groups excluding carboxylic acids is 2. The Kier molecular flexibility index (Phi) is 6.98. The van der Waals surface area contributed by atoms with Crippen molar-refractivity contribution in [1.29, 1.82) is 0 Å². The smallest absolute Gasteiger partial charge is 0.255 e. The minimum Gasteiger partial charge on any atom is -0.497 e. The maximum Gasteiger partial charge on any atom is 0.255 e. The molecule has 0 radical (unpaired) electrons. The van der Waals surface area contributed by atoms with Gasteiger partial charge in [-0.15, -0.1) is 0 Å². The largest absolute Gasteiger partial charge is 0.497 e. The fourth-order valence-corrected chi connectivity index (χ4v) is 3.77. The van der Waals surface area contributed by atoms with E-state index in [0.29, 0.717) is 24.5 Å². The van der Waals surface area contributed by atoms with Crippen LogP contribution in [0.25, 0.3) is 0 Å². The highest BCUT2D eigenvalue weighted by atomic mass is 16.5. The molecule has 2 amide bonds. The average molecular weight is 411 g/mol. The van der Waals surface area contributed by atoms with E-state index in [9.17, 15) is 9.59 Å². The second kappa shape index (κ2) is 9.65. The SMILES string of the molecule is CCOc1ccccc1C(=O)N[C@H](C(=O)N1CCCc2cc(OC)ccc21)C(C)C. The van der Waals surface area contributed by atoms with Gasteiger partial charge in [-0.1, -0.05) is 26.0 Å². The molecule has 1 heterocycles. The molecule has 160 valence electrons. The molecular weight excluding hydrogens is 380 g/mol. The lowest BCUT2D eigenvalue weighted by Crippen LogP contribution is -2.52. The van der Waals surface area contributed by atoms with Crippen LogP contribution in [0.5, 0.6) is 11.5 Å². The fourth-order valence-electron chi connectivity index (χ4n) is 3.77.